The molecule has 0 saturated heterocycles. The maximum Gasteiger partial charge on any atom is 0.232 e. The predicted molar refractivity (Wildman–Crippen MR) is 83.1 cm³/mol. The standard InChI is InChI=1S/C13H21ClN2O3S/c1-16(2)10-11-5-6-13(19-3)12(9-11)15-20(17,18)8-4-7-14/h5-6,9,15H,4,7-8,10H2,1-3H3. The maximum atomic E-state index is 11.9. The van der Waals surface area contributed by atoms with E-state index in [9.17, 15) is 8.42 Å². The Balaban J connectivity index is 2.96. The number of rotatable bonds is 8. The van der Waals surface area contributed by atoms with Gasteiger partial charge in [-0.3, -0.25) is 4.72 Å². The lowest BCUT2D eigenvalue weighted by molar-refractivity contribution is 0.400. The lowest BCUT2D eigenvalue weighted by Gasteiger charge is -2.15. The summed E-state index contributed by atoms with van der Waals surface area (Å²) in [7, 11) is 2.01. The topological polar surface area (TPSA) is 58.6 Å². The van der Waals surface area contributed by atoms with Crippen molar-refractivity contribution in [3.8, 4) is 5.75 Å². The van der Waals surface area contributed by atoms with Crippen molar-refractivity contribution in [2.45, 2.75) is 13.0 Å². The molecule has 1 N–H and O–H groups in total. The zero-order chi connectivity index (χ0) is 15.2. The Bertz CT molecular complexity index is 532. The summed E-state index contributed by atoms with van der Waals surface area (Å²) >= 11 is 5.53. The number of hydrogen-bond donors (Lipinski definition) is 1. The quantitative estimate of drug-likeness (QED) is 0.745. The van der Waals surface area contributed by atoms with Gasteiger partial charge in [-0.2, -0.15) is 0 Å². The van der Waals surface area contributed by atoms with Gasteiger partial charge in [0.2, 0.25) is 10.0 Å². The van der Waals surface area contributed by atoms with Crippen LogP contribution in [0.2, 0.25) is 0 Å². The molecular weight excluding hydrogens is 300 g/mol. The molecule has 0 aliphatic carbocycles. The van der Waals surface area contributed by atoms with Crippen LogP contribution in [-0.2, 0) is 16.6 Å². The lowest BCUT2D eigenvalue weighted by atomic mass is 10.2. The van der Waals surface area contributed by atoms with Crippen LogP contribution in [0.15, 0.2) is 18.2 Å². The highest BCUT2D eigenvalue weighted by Crippen LogP contribution is 2.27. The van der Waals surface area contributed by atoms with E-state index in [1.807, 2.05) is 25.1 Å². The lowest BCUT2D eigenvalue weighted by Crippen LogP contribution is -2.18. The molecule has 0 amide bonds. The third-order valence-electron chi connectivity index (χ3n) is 2.57. The number of anilines is 1. The molecule has 0 saturated carbocycles. The molecule has 7 heteroatoms. The van der Waals surface area contributed by atoms with Crippen LogP contribution >= 0.6 is 11.6 Å². The van der Waals surface area contributed by atoms with Crippen molar-refractivity contribution >= 4 is 27.3 Å². The highest BCUT2D eigenvalue weighted by molar-refractivity contribution is 7.92. The monoisotopic (exact) mass is 320 g/mol. The van der Waals surface area contributed by atoms with Gasteiger partial charge in [-0.1, -0.05) is 6.07 Å². The summed E-state index contributed by atoms with van der Waals surface area (Å²) in [5.74, 6) is 0.818. The molecular formula is C13H21ClN2O3S. The van der Waals surface area contributed by atoms with Crippen molar-refractivity contribution in [1.82, 2.24) is 4.90 Å². The second-order valence-corrected chi connectivity index (χ2v) is 6.96. The van der Waals surface area contributed by atoms with Crippen LogP contribution in [0.1, 0.15) is 12.0 Å². The van der Waals surface area contributed by atoms with Crippen molar-refractivity contribution < 1.29 is 13.2 Å². The molecule has 0 unspecified atom stereocenters. The van der Waals surface area contributed by atoms with Crippen molar-refractivity contribution in [3.05, 3.63) is 23.8 Å². The van der Waals surface area contributed by atoms with Gasteiger partial charge >= 0.3 is 0 Å². The van der Waals surface area contributed by atoms with Gasteiger partial charge in [0, 0.05) is 12.4 Å². The molecule has 1 rings (SSSR count). The van der Waals surface area contributed by atoms with E-state index in [1.165, 1.54) is 7.11 Å². The molecule has 0 aliphatic heterocycles. The maximum absolute atomic E-state index is 11.9. The van der Waals surface area contributed by atoms with E-state index >= 15 is 0 Å². The van der Waals surface area contributed by atoms with E-state index in [0.29, 0.717) is 23.7 Å². The first-order chi connectivity index (χ1) is 9.38. The Labute approximate surface area is 125 Å². The van der Waals surface area contributed by atoms with E-state index in [1.54, 1.807) is 12.1 Å². The summed E-state index contributed by atoms with van der Waals surface area (Å²) in [5, 5.41) is 0. The van der Waals surface area contributed by atoms with Crippen LogP contribution in [0.5, 0.6) is 5.75 Å². The molecule has 0 bridgehead atoms. The molecule has 0 atom stereocenters. The molecule has 5 nitrogen and oxygen atoms in total. The van der Waals surface area contributed by atoms with Crippen molar-refractivity contribution in [3.63, 3.8) is 0 Å². The number of alkyl halides is 1. The number of ether oxygens (including phenoxy) is 1. The fraction of sp³-hybridized carbons (Fsp3) is 0.538. The molecule has 20 heavy (non-hydrogen) atoms. The van der Waals surface area contributed by atoms with Crippen molar-refractivity contribution in [2.24, 2.45) is 0 Å². The fourth-order valence-corrected chi connectivity index (χ4v) is 3.17. The largest absolute Gasteiger partial charge is 0.495 e. The van der Waals surface area contributed by atoms with E-state index < -0.39 is 10.0 Å². The van der Waals surface area contributed by atoms with Gasteiger partial charge in [-0.25, -0.2) is 8.42 Å². The number of halogens is 1. The summed E-state index contributed by atoms with van der Waals surface area (Å²) in [6.45, 7) is 0.723. The molecule has 0 aliphatic rings. The summed E-state index contributed by atoms with van der Waals surface area (Å²) in [4.78, 5) is 2.01. The van der Waals surface area contributed by atoms with Crippen LogP contribution < -0.4 is 9.46 Å². The minimum atomic E-state index is -3.40. The van der Waals surface area contributed by atoms with Crippen LogP contribution in [0, 0.1) is 0 Å². The third kappa shape index (κ3) is 5.56. The number of benzene rings is 1. The molecule has 0 fully saturated rings. The molecule has 0 aromatic heterocycles. The first-order valence-corrected chi connectivity index (χ1v) is 8.44. The number of sulfonamides is 1. The first kappa shape index (κ1) is 17.1. The molecule has 114 valence electrons. The van der Waals surface area contributed by atoms with E-state index in [0.717, 1.165) is 12.1 Å². The number of nitrogens with zero attached hydrogens (tertiary/aromatic N) is 1. The Morgan fingerprint density at radius 2 is 2.05 bits per heavy atom. The third-order valence-corrected chi connectivity index (χ3v) is 4.20. The first-order valence-electron chi connectivity index (χ1n) is 6.26. The van der Waals surface area contributed by atoms with Gasteiger partial charge in [0.25, 0.3) is 0 Å². The average Bonchev–Trinajstić information content (AvgIpc) is 2.35. The Kier molecular flexibility index (Phi) is 6.58. The minimum Gasteiger partial charge on any atom is -0.495 e. The fourth-order valence-electron chi connectivity index (χ4n) is 1.76. The molecule has 0 radical (unpaired) electrons. The van der Waals surface area contributed by atoms with Gasteiger partial charge < -0.3 is 9.64 Å². The summed E-state index contributed by atoms with van der Waals surface area (Å²) in [6, 6.07) is 5.46. The second kappa shape index (κ2) is 7.71. The average molecular weight is 321 g/mol. The van der Waals surface area contributed by atoms with Crippen molar-refractivity contribution in [2.75, 3.05) is 37.6 Å². The summed E-state index contributed by atoms with van der Waals surface area (Å²) in [6.07, 6.45) is 0.413. The smallest absolute Gasteiger partial charge is 0.232 e. The van der Waals surface area contributed by atoms with Crippen LogP contribution in [0.25, 0.3) is 0 Å². The molecule has 0 heterocycles. The van der Waals surface area contributed by atoms with E-state index in [-0.39, 0.29) is 5.75 Å². The predicted octanol–water partition coefficient (Wildman–Crippen LogP) is 2.13. The number of methoxy groups -OCH3 is 1. The van der Waals surface area contributed by atoms with Crippen LogP contribution in [0.4, 0.5) is 5.69 Å². The Morgan fingerprint density at radius 1 is 1.35 bits per heavy atom. The summed E-state index contributed by atoms with van der Waals surface area (Å²) < 4.78 is 31.6. The minimum absolute atomic E-state index is 0.00242. The SMILES string of the molecule is COc1ccc(CN(C)C)cc1NS(=O)(=O)CCCCl. The van der Waals surface area contributed by atoms with E-state index in [4.69, 9.17) is 16.3 Å². The van der Waals surface area contributed by atoms with Gasteiger partial charge in [-0.05, 0) is 38.2 Å². The van der Waals surface area contributed by atoms with Gasteiger partial charge in [0.1, 0.15) is 5.75 Å². The van der Waals surface area contributed by atoms with Gasteiger partial charge in [0.05, 0.1) is 18.6 Å². The zero-order valence-corrected chi connectivity index (χ0v) is 13.6. The number of nitrogens with one attached hydrogen (secondary N) is 1. The zero-order valence-electron chi connectivity index (χ0n) is 12.0. The van der Waals surface area contributed by atoms with Crippen LogP contribution in [0.3, 0.4) is 0 Å². The van der Waals surface area contributed by atoms with Crippen molar-refractivity contribution in [1.29, 1.82) is 0 Å². The Morgan fingerprint density at radius 3 is 2.60 bits per heavy atom. The second-order valence-electron chi connectivity index (χ2n) is 4.74. The summed E-state index contributed by atoms with van der Waals surface area (Å²) in [5.41, 5.74) is 1.47. The van der Waals surface area contributed by atoms with Crippen LogP contribution in [-0.4, -0.2) is 46.2 Å². The molecule has 1 aromatic rings. The van der Waals surface area contributed by atoms with Gasteiger partial charge in [0.15, 0.2) is 0 Å². The van der Waals surface area contributed by atoms with E-state index in [2.05, 4.69) is 4.72 Å². The molecule has 1 aromatic carbocycles. The highest BCUT2D eigenvalue weighted by Gasteiger charge is 2.14. The molecule has 0 spiro atoms. The highest BCUT2D eigenvalue weighted by atomic mass is 35.5. The number of hydrogen-bond acceptors (Lipinski definition) is 4. The van der Waals surface area contributed by atoms with Gasteiger partial charge in [-0.15, -0.1) is 11.6 Å². The normalized spacial score (nSPS) is 11.7. The Hall–Kier alpha value is -0.980.